The molecule has 1 heterocycles. The van der Waals surface area contributed by atoms with E-state index >= 15 is 0 Å². The van der Waals surface area contributed by atoms with Gasteiger partial charge in [-0.2, -0.15) is 0 Å². The van der Waals surface area contributed by atoms with Gasteiger partial charge in [-0.15, -0.1) is 0 Å². The Morgan fingerprint density at radius 3 is 3.06 bits per heavy atom. The first-order valence-electron chi connectivity index (χ1n) is 6.73. The Bertz CT molecular complexity index is 371. The minimum Gasteiger partial charge on any atom is -0.320 e. The van der Waals surface area contributed by atoms with Crippen molar-refractivity contribution in [3.63, 3.8) is 0 Å². The van der Waals surface area contributed by atoms with Crippen LogP contribution < -0.4 is 5.32 Å². The van der Waals surface area contributed by atoms with E-state index in [-0.39, 0.29) is 0 Å². The van der Waals surface area contributed by atoms with Gasteiger partial charge in [-0.25, -0.2) is 0 Å². The van der Waals surface area contributed by atoms with Crippen LogP contribution in [-0.4, -0.2) is 18.6 Å². The van der Waals surface area contributed by atoms with Crippen LogP contribution in [0.2, 0.25) is 0 Å². The van der Waals surface area contributed by atoms with Gasteiger partial charge >= 0.3 is 0 Å². The molecule has 0 aliphatic heterocycles. The molecule has 94 valence electrons. The second-order valence-corrected chi connectivity index (χ2v) is 5.83. The van der Waals surface area contributed by atoms with E-state index in [0.29, 0.717) is 11.3 Å². The predicted molar refractivity (Wildman–Crippen MR) is 72.2 cm³/mol. The highest BCUT2D eigenvalue weighted by Crippen LogP contribution is 2.44. The predicted octanol–water partition coefficient (Wildman–Crippen LogP) is 3.14. The van der Waals surface area contributed by atoms with E-state index in [0.717, 1.165) is 6.54 Å². The van der Waals surface area contributed by atoms with Crippen molar-refractivity contribution in [2.75, 3.05) is 13.6 Å². The van der Waals surface area contributed by atoms with Crippen LogP contribution in [-0.2, 0) is 6.42 Å². The maximum absolute atomic E-state index is 4.65. The van der Waals surface area contributed by atoms with Gasteiger partial charge in [-0.1, -0.05) is 19.9 Å². The quantitative estimate of drug-likeness (QED) is 0.862. The Labute approximate surface area is 105 Å². The van der Waals surface area contributed by atoms with Crippen molar-refractivity contribution in [2.45, 2.75) is 45.4 Å². The Kier molecular flexibility index (Phi) is 3.82. The summed E-state index contributed by atoms with van der Waals surface area (Å²) in [4.78, 5) is 4.65. The zero-order valence-corrected chi connectivity index (χ0v) is 11.3. The molecule has 1 N–H and O–H groups in total. The summed E-state index contributed by atoms with van der Waals surface area (Å²) < 4.78 is 0. The molecule has 0 saturated carbocycles. The van der Waals surface area contributed by atoms with Gasteiger partial charge in [0.05, 0.1) is 0 Å². The van der Waals surface area contributed by atoms with Crippen molar-refractivity contribution in [1.82, 2.24) is 10.3 Å². The molecule has 1 aliphatic carbocycles. The number of rotatable bonds is 4. The number of pyridine rings is 1. The summed E-state index contributed by atoms with van der Waals surface area (Å²) in [6.07, 6.45) is 6.98. The molecule has 0 saturated heterocycles. The van der Waals surface area contributed by atoms with E-state index in [2.05, 4.69) is 36.3 Å². The summed E-state index contributed by atoms with van der Waals surface area (Å²) in [5.74, 6) is 0.626. The van der Waals surface area contributed by atoms with Crippen LogP contribution in [0, 0.1) is 5.41 Å². The Hall–Kier alpha value is -0.890. The zero-order valence-electron chi connectivity index (χ0n) is 11.3. The number of nitrogens with one attached hydrogen (secondary N) is 1. The van der Waals surface area contributed by atoms with E-state index in [9.17, 15) is 0 Å². The monoisotopic (exact) mass is 232 g/mol. The molecule has 0 bridgehead atoms. The van der Waals surface area contributed by atoms with E-state index in [4.69, 9.17) is 0 Å². The highest BCUT2D eigenvalue weighted by atomic mass is 14.8. The van der Waals surface area contributed by atoms with E-state index < -0.39 is 0 Å². The molecule has 2 heteroatoms. The van der Waals surface area contributed by atoms with Crippen molar-refractivity contribution < 1.29 is 0 Å². The first-order valence-corrected chi connectivity index (χ1v) is 6.73. The van der Waals surface area contributed by atoms with E-state index in [1.807, 2.05) is 13.2 Å². The van der Waals surface area contributed by atoms with Gasteiger partial charge in [0.1, 0.15) is 0 Å². The van der Waals surface area contributed by atoms with Gasteiger partial charge in [-0.05, 0) is 56.3 Å². The van der Waals surface area contributed by atoms with Crippen LogP contribution in [0.4, 0.5) is 0 Å². The molecular formula is C15H24N2. The lowest BCUT2D eigenvalue weighted by Crippen LogP contribution is -2.29. The average molecular weight is 232 g/mol. The third-order valence-electron chi connectivity index (χ3n) is 4.16. The minimum atomic E-state index is 0.340. The van der Waals surface area contributed by atoms with Gasteiger partial charge < -0.3 is 5.32 Å². The van der Waals surface area contributed by atoms with Crippen LogP contribution in [0.5, 0.6) is 0 Å². The molecule has 1 aliphatic rings. The van der Waals surface area contributed by atoms with Crippen molar-refractivity contribution >= 4 is 0 Å². The molecule has 1 aromatic heterocycles. The fourth-order valence-electron chi connectivity index (χ4n) is 2.99. The second-order valence-electron chi connectivity index (χ2n) is 5.83. The van der Waals surface area contributed by atoms with Gasteiger partial charge in [0.15, 0.2) is 0 Å². The van der Waals surface area contributed by atoms with Crippen LogP contribution >= 0.6 is 0 Å². The maximum atomic E-state index is 4.65. The van der Waals surface area contributed by atoms with Crippen LogP contribution in [0.25, 0.3) is 0 Å². The van der Waals surface area contributed by atoms with Crippen molar-refractivity contribution in [1.29, 1.82) is 0 Å². The maximum Gasteiger partial charge on any atom is 0.0471 e. The summed E-state index contributed by atoms with van der Waals surface area (Å²) in [6.45, 7) is 5.86. The van der Waals surface area contributed by atoms with Crippen molar-refractivity contribution in [2.24, 2.45) is 5.41 Å². The summed E-state index contributed by atoms with van der Waals surface area (Å²) >= 11 is 0. The number of aryl methyl sites for hydroxylation is 1. The van der Waals surface area contributed by atoms with Crippen molar-refractivity contribution in [3.8, 4) is 0 Å². The Balaban J connectivity index is 2.22. The smallest absolute Gasteiger partial charge is 0.0471 e. The lowest BCUT2D eigenvalue weighted by Gasteiger charge is -2.37. The second kappa shape index (κ2) is 5.18. The molecule has 2 rings (SSSR count). The van der Waals surface area contributed by atoms with Gasteiger partial charge in [0.2, 0.25) is 0 Å². The Morgan fingerprint density at radius 1 is 1.47 bits per heavy atom. The normalized spacial score (nSPS) is 20.1. The number of fused-ring (bicyclic) bond motifs is 1. The third kappa shape index (κ3) is 2.68. The lowest BCUT2D eigenvalue weighted by atomic mass is 9.68. The van der Waals surface area contributed by atoms with E-state index in [1.54, 1.807) is 0 Å². The molecule has 17 heavy (non-hydrogen) atoms. The molecule has 0 amide bonds. The molecule has 0 aromatic carbocycles. The van der Waals surface area contributed by atoms with Gasteiger partial charge in [0, 0.05) is 17.8 Å². The minimum absolute atomic E-state index is 0.340. The van der Waals surface area contributed by atoms with Gasteiger partial charge in [0.25, 0.3) is 0 Å². The van der Waals surface area contributed by atoms with E-state index in [1.165, 1.54) is 36.9 Å². The standard InChI is InChI=1S/C15H24N2/c1-15(2,9-11-16-3)13-8-4-6-12-7-5-10-17-14(12)13/h5,7,10,13,16H,4,6,8-9,11H2,1-3H3. The SMILES string of the molecule is CNCCC(C)(C)C1CCCc2cccnc21. The Morgan fingerprint density at radius 2 is 2.29 bits per heavy atom. The molecule has 2 nitrogen and oxygen atoms in total. The highest BCUT2D eigenvalue weighted by Gasteiger charge is 2.34. The molecule has 0 spiro atoms. The number of hydrogen-bond acceptors (Lipinski definition) is 2. The fraction of sp³-hybridized carbons (Fsp3) is 0.667. The fourth-order valence-corrected chi connectivity index (χ4v) is 2.99. The molecule has 1 aromatic rings. The summed E-state index contributed by atoms with van der Waals surface area (Å²) in [7, 11) is 2.03. The first kappa shape index (κ1) is 12.6. The average Bonchev–Trinajstić information content (AvgIpc) is 2.36. The topological polar surface area (TPSA) is 24.9 Å². The molecular weight excluding hydrogens is 208 g/mol. The number of aromatic nitrogens is 1. The first-order chi connectivity index (χ1) is 8.15. The summed E-state index contributed by atoms with van der Waals surface area (Å²) in [6, 6.07) is 4.32. The largest absolute Gasteiger partial charge is 0.320 e. The number of hydrogen-bond donors (Lipinski definition) is 1. The summed E-state index contributed by atoms with van der Waals surface area (Å²) in [5.41, 5.74) is 3.17. The third-order valence-corrected chi connectivity index (χ3v) is 4.16. The van der Waals surface area contributed by atoms with Gasteiger partial charge in [-0.3, -0.25) is 4.98 Å². The van der Waals surface area contributed by atoms with Crippen LogP contribution in [0.1, 0.15) is 50.3 Å². The molecule has 1 unspecified atom stereocenters. The molecule has 1 atom stereocenters. The molecule has 0 fully saturated rings. The summed E-state index contributed by atoms with van der Waals surface area (Å²) in [5, 5.41) is 3.27. The van der Waals surface area contributed by atoms with Crippen LogP contribution in [0.3, 0.4) is 0 Å². The number of nitrogens with zero attached hydrogens (tertiary/aromatic N) is 1. The molecule has 0 radical (unpaired) electrons. The van der Waals surface area contributed by atoms with Crippen LogP contribution in [0.15, 0.2) is 18.3 Å². The highest BCUT2D eigenvalue weighted by molar-refractivity contribution is 5.27. The van der Waals surface area contributed by atoms with Crippen molar-refractivity contribution in [3.05, 3.63) is 29.6 Å². The zero-order chi connectivity index (χ0) is 12.3. The lowest BCUT2D eigenvalue weighted by molar-refractivity contribution is 0.233.